The molecule has 3 rings (SSSR count). The van der Waals surface area contributed by atoms with Crippen molar-refractivity contribution in [3.8, 4) is 0 Å². The maximum Gasteiger partial charge on any atom is 0.253 e. The molecule has 0 bridgehead atoms. The maximum absolute atomic E-state index is 13.5. The minimum absolute atomic E-state index is 0.0417. The van der Waals surface area contributed by atoms with Crippen molar-refractivity contribution < 1.29 is 18.8 Å². The SMILES string of the molecule is Cc1ccccc1C(=O)N[C@H](C(=O)N[C@@H](C)C(C)C)C1CCN(C(=O)c2cccc(F)c2)CC1. The quantitative estimate of drug-likeness (QED) is 0.647. The summed E-state index contributed by atoms with van der Waals surface area (Å²) in [5, 5.41) is 6.01. The van der Waals surface area contributed by atoms with Crippen molar-refractivity contribution in [2.45, 2.75) is 52.6 Å². The van der Waals surface area contributed by atoms with Gasteiger partial charge in [-0.05, 0) is 68.4 Å². The number of carbonyl (C=O) groups excluding carboxylic acids is 3. The molecule has 6 nitrogen and oxygen atoms in total. The molecule has 3 amide bonds. The van der Waals surface area contributed by atoms with Crippen LogP contribution in [0, 0.1) is 24.6 Å². The molecule has 0 radical (unpaired) electrons. The highest BCUT2D eigenvalue weighted by molar-refractivity contribution is 5.99. The number of aryl methyl sites for hydroxylation is 1. The number of carbonyl (C=O) groups is 3. The number of rotatable bonds is 7. The molecule has 0 unspecified atom stereocenters. The van der Waals surface area contributed by atoms with E-state index in [2.05, 4.69) is 10.6 Å². The minimum atomic E-state index is -0.709. The first-order valence-corrected chi connectivity index (χ1v) is 11.9. The number of benzene rings is 2. The smallest absolute Gasteiger partial charge is 0.253 e. The van der Waals surface area contributed by atoms with Gasteiger partial charge in [0.25, 0.3) is 11.8 Å². The summed E-state index contributed by atoms with van der Waals surface area (Å²) in [5.74, 6) is -1.04. The molecule has 0 aliphatic carbocycles. The summed E-state index contributed by atoms with van der Waals surface area (Å²) in [6.45, 7) is 8.74. The predicted molar refractivity (Wildman–Crippen MR) is 130 cm³/mol. The molecule has 2 atom stereocenters. The highest BCUT2D eigenvalue weighted by Gasteiger charge is 2.35. The van der Waals surface area contributed by atoms with E-state index < -0.39 is 11.9 Å². The van der Waals surface area contributed by atoms with Crippen LogP contribution >= 0.6 is 0 Å². The summed E-state index contributed by atoms with van der Waals surface area (Å²) in [7, 11) is 0. The van der Waals surface area contributed by atoms with Crippen LogP contribution in [0.1, 0.15) is 59.9 Å². The van der Waals surface area contributed by atoms with Crippen LogP contribution in [-0.2, 0) is 4.79 Å². The Morgan fingerprint density at radius 2 is 1.65 bits per heavy atom. The van der Waals surface area contributed by atoms with Crippen LogP contribution in [-0.4, -0.2) is 47.8 Å². The Morgan fingerprint density at radius 3 is 2.26 bits per heavy atom. The molecule has 0 saturated carbocycles. The molecular formula is C27H34FN3O3. The third-order valence-electron chi connectivity index (χ3n) is 6.70. The maximum atomic E-state index is 13.5. The monoisotopic (exact) mass is 467 g/mol. The van der Waals surface area contributed by atoms with Crippen LogP contribution in [0.2, 0.25) is 0 Å². The minimum Gasteiger partial charge on any atom is -0.352 e. The molecule has 2 N–H and O–H groups in total. The molecule has 7 heteroatoms. The molecule has 2 aromatic carbocycles. The van der Waals surface area contributed by atoms with E-state index >= 15 is 0 Å². The second-order valence-corrected chi connectivity index (χ2v) is 9.45. The summed E-state index contributed by atoms with van der Waals surface area (Å²) in [5.41, 5.74) is 1.69. The van der Waals surface area contributed by atoms with E-state index in [-0.39, 0.29) is 35.6 Å². The van der Waals surface area contributed by atoms with Crippen LogP contribution in [0.15, 0.2) is 48.5 Å². The van der Waals surface area contributed by atoms with Crippen molar-refractivity contribution in [2.24, 2.45) is 11.8 Å². The van der Waals surface area contributed by atoms with E-state index in [9.17, 15) is 18.8 Å². The van der Waals surface area contributed by atoms with Crippen LogP contribution in [0.5, 0.6) is 0 Å². The van der Waals surface area contributed by atoms with Gasteiger partial charge in [0.1, 0.15) is 11.9 Å². The number of hydrogen-bond donors (Lipinski definition) is 2. The molecule has 2 aromatic rings. The van der Waals surface area contributed by atoms with Gasteiger partial charge in [0.2, 0.25) is 5.91 Å². The number of nitrogens with one attached hydrogen (secondary N) is 2. The highest BCUT2D eigenvalue weighted by atomic mass is 19.1. The topological polar surface area (TPSA) is 78.5 Å². The molecule has 1 saturated heterocycles. The Balaban J connectivity index is 1.73. The van der Waals surface area contributed by atoms with Gasteiger partial charge < -0.3 is 15.5 Å². The third-order valence-corrected chi connectivity index (χ3v) is 6.70. The van der Waals surface area contributed by atoms with Crippen molar-refractivity contribution in [1.82, 2.24) is 15.5 Å². The molecule has 182 valence electrons. The lowest BCUT2D eigenvalue weighted by atomic mass is 9.87. The molecule has 0 spiro atoms. The Bertz CT molecular complexity index is 1030. The van der Waals surface area contributed by atoms with Gasteiger partial charge in [0, 0.05) is 30.3 Å². The zero-order chi connectivity index (χ0) is 24.8. The summed E-state index contributed by atoms with van der Waals surface area (Å²) in [6.07, 6.45) is 1.12. The second-order valence-electron chi connectivity index (χ2n) is 9.45. The van der Waals surface area contributed by atoms with Crippen LogP contribution < -0.4 is 10.6 Å². The first-order chi connectivity index (χ1) is 16.2. The third kappa shape index (κ3) is 6.22. The standard InChI is InChI=1S/C27H34FN3O3/c1-17(2)19(4)29-26(33)24(30-25(32)23-11-6-5-8-18(23)3)20-12-14-31(15-13-20)27(34)21-9-7-10-22(28)16-21/h5-11,16-17,19-20,24H,12-15H2,1-4H3,(H,29,33)(H,30,32)/t19-,24-/m0/s1. The highest BCUT2D eigenvalue weighted by Crippen LogP contribution is 2.24. The molecule has 34 heavy (non-hydrogen) atoms. The normalized spacial score (nSPS) is 16.1. The fraction of sp³-hybridized carbons (Fsp3) is 0.444. The Labute approximate surface area is 200 Å². The Morgan fingerprint density at radius 1 is 0.971 bits per heavy atom. The average molecular weight is 468 g/mol. The van der Waals surface area contributed by atoms with Crippen LogP contribution in [0.3, 0.4) is 0 Å². The van der Waals surface area contributed by atoms with E-state index in [0.29, 0.717) is 37.1 Å². The van der Waals surface area contributed by atoms with Gasteiger partial charge in [0.05, 0.1) is 0 Å². The Hall–Kier alpha value is -3.22. The van der Waals surface area contributed by atoms with Crippen molar-refractivity contribution >= 4 is 17.7 Å². The first kappa shape index (κ1) is 25.4. The lowest BCUT2D eigenvalue weighted by Gasteiger charge is -2.36. The van der Waals surface area contributed by atoms with E-state index in [1.165, 1.54) is 18.2 Å². The van der Waals surface area contributed by atoms with Gasteiger partial charge in [-0.2, -0.15) is 0 Å². The van der Waals surface area contributed by atoms with Crippen molar-refractivity contribution in [2.75, 3.05) is 13.1 Å². The van der Waals surface area contributed by atoms with E-state index in [1.54, 1.807) is 23.1 Å². The zero-order valence-electron chi connectivity index (χ0n) is 20.3. The number of likely N-dealkylation sites (tertiary alicyclic amines) is 1. The van der Waals surface area contributed by atoms with E-state index in [4.69, 9.17) is 0 Å². The molecule has 0 aromatic heterocycles. The van der Waals surface area contributed by atoms with Crippen molar-refractivity contribution in [3.63, 3.8) is 0 Å². The molecule has 1 heterocycles. The van der Waals surface area contributed by atoms with Gasteiger partial charge >= 0.3 is 0 Å². The van der Waals surface area contributed by atoms with Gasteiger partial charge in [-0.1, -0.05) is 38.1 Å². The second kappa shape index (κ2) is 11.3. The molecule has 1 fully saturated rings. The number of halogens is 1. The van der Waals surface area contributed by atoms with E-state index in [1.807, 2.05) is 39.8 Å². The lowest BCUT2D eigenvalue weighted by molar-refractivity contribution is -0.125. The summed E-state index contributed by atoms with van der Waals surface area (Å²) in [4.78, 5) is 40.8. The number of nitrogens with zero attached hydrogens (tertiary/aromatic N) is 1. The van der Waals surface area contributed by atoms with Gasteiger partial charge in [-0.3, -0.25) is 14.4 Å². The predicted octanol–water partition coefficient (Wildman–Crippen LogP) is 3.95. The zero-order valence-corrected chi connectivity index (χ0v) is 20.3. The van der Waals surface area contributed by atoms with Gasteiger partial charge in [-0.25, -0.2) is 4.39 Å². The largest absolute Gasteiger partial charge is 0.352 e. The molecule has 1 aliphatic heterocycles. The lowest BCUT2D eigenvalue weighted by Crippen LogP contribution is -2.55. The number of piperidine rings is 1. The number of hydrogen-bond acceptors (Lipinski definition) is 3. The van der Waals surface area contributed by atoms with Crippen LogP contribution in [0.4, 0.5) is 4.39 Å². The fourth-order valence-corrected chi connectivity index (χ4v) is 4.16. The number of amides is 3. The van der Waals surface area contributed by atoms with E-state index in [0.717, 1.165) is 5.56 Å². The van der Waals surface area contributed by atoms with Crippen molar-refractivity contribution in [1.29, 1.82) is 0 Å². The van der Waals surface area contributed by atoms with Gasteiger partial charge in [-0.15, -0.1) is 0 Å². The first-order valence-electron chi connectivity index (χ1n) is 11.9. The molecule has 1 aliphatic rings. The summed E-state index contributed by atoms with van der Waals surface area (Å²) < 4.78 is 13.5. The molecular weight excluding hydrogens is 433 g/mol. The summed E-state index contributed by atoms with van der Waals surface area (Å²) in [6, 6.07) is 12.2. The van der Waals surface area contributed by atoms with Crippen molar-refractivity contribution in [3.05, 3.63) is 71.0 Å². The average Bonchev–Trinajstić information content (AvgIpc) is 2.82. The van der Waals surface area contributed by atoms with Gasteiger partial charge in [0.15, 0.2) is 0 Å². The fourth-order valence-electron chi connectivity index (χ4n) is 4.16. The van der Waals surface area contributed by atoms with Crippen LogP contribution in [0.25, 0.3) is 0 Å². The Kier molecular flexibility index (Phi) is 8.42. The summed E-state index contributed by atoms with van der Waals surface area (Å²) >= 11 is 0.